The molecule has 2 saturated heterocycles. The summed E-state index contributed by atoms with van der Waals surface area (Å²) in [6.07, 6.45) is 2.47. The largest absolute Gasteiger partial charge is 0.457 e. The SMILES string of the molecule is Cc1nn(C)c(C(=O)OC2CCOC3(CCSC3)C2)c1N. The number of ether oxygens (including phenoxy) is 2. The van der Waals surface area contributed by atoms with Crippen molar-refractivity contribution in [2.24, 2.45) is 7.05 Å². The lowest BCUT2D eigenvalue weighted by atomic mass is 9.91. The van der Waals surface area contributed by atoms with Crippen LogP contribution >= 0.6 is 11.8 Å². The van der Waals surface area contributed by atoms with Gasteiger partial charge in [-0.3, -0.25) is 4.68 Å². The minimum atomic E-state index is -0.386. The first kappa shape index (κ1) is 14.7. The normalized spacial score (nSPS) is 29.0. The Kier molecular flexibility index (Phi) is 3.88. The molecule has 6 nitrogen and oxygen atoms in total. The number of esters is 1. The van der Waals surface area contributed by atoms with Crippen LogP contribution in [0.5, 0.6) is 0 Å². The minimum Gasteiger partial charge on any atom is -0.457 e. The zero-order chi connectivity index (χ0) is 15.0. The number of nitrogen functional groups attached to an aromatic ring is 1. The van der Waals surface area contributed by atoms with Gasteiger partial charge < -0.3 is 15.2 Å². The molecule has 2 aliphatic rings. The number of hydrogen-bond acceptors (Lipinski definition) is 6. The summed E-state index contributed by atoms with van der Waals surface area (Å²) >= 11 is 1.91. The highest BCUT2D eigenvalue weighted by Crippen LogP contribution is 2.39. The fourth-order valence-corrected chi connectivity index (χ4v) is 4.45. The monoisotopic (exact) mass is 311 g/mol. The molecule has 2 fully saturated rings. The van der Waals surface area contributed by atoms with E-state index in [1.807, 2.05) is 11.8 Å². The van der Waals surface area contributed by atoms with Crippen molar-refractivity contribution in [3.05, 3.63) is 11.4 Å². The number of rotatable bonds is 2. The fourth-order valence-electron chi connectivity index (χ4n) is 3.07. The van der Waals surface area contributed by atoms with E-state index in [-0.39, 0.29) is 17.7 Å². The third-order valence-corrected chi connectivity index (χ3v) is 5.47. The van der Waals surface area contributed by atoms with Gasteiger partial charge in [0.1, 0.15) is 6.10 Å². The second-order valence-electron chi connectivity index (χ2n) is 5.83. The maximum absolute atomic E-state index is 12.4. The summed E-state index contributed by atoms with van der Waals surface area (Å²) in [7, 11) is 1.71. The third kappa shape index (κ3) is 2.76. The zero-order valence-electron chi connectivity index (χ0n) is 12.4. The zero-order valence-corrected chi connectivity index (χ0v) is 13.2. The topological polar surface area (TPSA) is 79.4 Å². The number of nitrogens with zero attached hydrogens (tertiary/aromatic N) is 2. The summed E-state index contributed by atoms with van der Waals surface area (Å²) in [6.45, 7) is 2.43. The van der Waals surface area contributed by atoms with Gasteiger partial charge in [-0.25, -0.2) is 4.79 Å². The molecular weight excluding hydrogens is 290 g/mol. The highest BCUT2D eigenvalue weighted by molar-refractivity contribution is 7.99. The van der Waals surface area contributed by atoms with Crippen molar-refractivity contribution in [1.29, 1.82) is 0 Å². The Labute approximate surface area is 128 Å². The van der Waals surface area contributed by atoms with Crippen molar-refractivity contribution in [2.45, 2.75) is 37.9 Å². The van der Waals surface area contributed by atoms with Crippen LogP contribution in [-0.4, -0.2) is 45.6 Å². The van der Waals surface area contributed by atoms with Crippen molar-refractivity contribution >= 4 is 23.4 Å². The van der Waals surface area contributed by atoms with Crippen LogP contribution in [0, 0.1) is 6.92 Å². The van der Waals surface area contributed by atoms with E-state index in [4.69, 9.17) is 15.2 Å². The van der Waals surface area contributed by atoms with Gasteiger partial charge in [0.25, 0.3) is 0 Å². The third-order valence-electron chi connectivity index (χ3n) is 4.25. The Balaban J connectivity index is 1.70. The van der Waals surface area contributed by atoms with Crippen LogP contribution in [0.1, 0.15) is 35.4 Å². The van der Waals surface area contributed by atoms with Crippen LogP contribution in [0.2, 0.25) is 0 Å². The summed E-state index contributed by atoms with van der Waals surface area (Å²) < 4.78 is 13.1. The van der Waals surface area contributed by atoms with Crippen molar-refractivity contribution in [3.63, 3.8) is 0 Å². The molecular formula is C14H21N3O3S. The summed E-state index contributed by atoms with van der Waals surface area (Å²) in [6, 6.07) is 0. The minimum absolute atomic E-state index is 0.0955. The Morgan fingerprint density at radius 1 is 1.62 bits per heavy atom. The fraction of sp³-hybridized carbons (Fsp3) is 0.714. The maximum Gasteiger partial charge on any atom is 0.359 e. The summed E-state index contributed by atoms with van der Waals surface area (Å²) in [5, 5.41) is 4.16. The van der Waals surface area contributed by atoms with Gasteiger partial charge in [-0.2, -0.15) is 16.9 Å². The van der Waals surface area contributed by atoms with Crippen molar-refractivity contribution in [1.82, 2.24) is 9.78 Å². The molecule has 3 rings (SSSR count). The van der Waals surface area contributed by atoms with Crippen LogP contribution < -0.4 is 5.73 Å². The molecule has 0 aliphatic carbocycles. The van der Waals surface area contributed by atoms with E-state index in [0.29, 0.717) is 23.7 Å². The number of aromatic nitrogens is 2. The van der Waals surface area contributed by atoms with E-state index in [2.05, 4.69) is 5.10 Å². The molecule has 0 bridgehead atoms. The van der Waals surface area contributed by atoms with Crippen LogP contribution in [-0.2, 0) is 16.5 Å². The molecule has 21 heavy (non-hydrogen) atoms. The maximum atomic E-state index is 12.4. The molecule has 116 valence electrons. The van der Waals surface area contributed by atoms with Crippen molar-refractivity contribution in [2.75, 3.05) is 23.8 Å². The van der Waals surface area contributed by atoms with Crippen LogP contribution in [0.25, 0.3) is 0 Å². The highest BCUT2D eigenvalue weighted by atomic mass is 32.2. The Hall–Kier alpha value is -1.21. The predicted molar refractivity (Wildman–Crippen MR) is 81.4 cm³/mol. The molecule has 3 heterocycles. The average Bonchev–Trinajstić information content (AvgIpc) is 2.96. The quantitative estimate of drug-likeness (QED) is 0.834. The first-order valence-electron chi connectivity index (χ1n) is 7.22. The summed E-state index contributed by atoms with van der Waals surface area (Å²) in [4.78, 5) is 12.4. The van der Waals surface area contributed by atoms with E-state index < -0.39 is 0 Å². The van der Waals surface area contributed by atoms with Gasteiger partial charge in [-0.15, -0.1) is 0 Å². The standard InChI is InChI=1S/C14H21N3O3S/c1-9-11(15)12(17(2)16-9)13(18)20-10-3-5-19-14(7-10)4-6-21-8-14/h10H,3-8,15H2,1-2H3. The van der Waals surface area contributed by atoms with Gasteiger partial charge in [-0.1, -0.05) is 0 Å². The first-order chi connectivity index (χ1) is 10.0. The molecule has 1 aromatic heterocycles. The van der Waals surface area contributed by atoms with Gasteiger partial charge in [0, 0.05) is 25.6 Å². The van der Waals surface area contributed by atoms with E-state index in [0.717, 1.165) is 30.8 Å². The molecule has 2 aliphatic heterocycles. The molecule has 7 heteroatoms. The number of carbonyl (C=O) groups excluding carboxylic acids is 1. The first-order valence-corrected chi connectivity index (χ1v) is 8.38. The molecule has 0 radical (unpaired) electrons. The average molecular weight is 311 g/mol. The Bertz CT molecular complexity index is 552. The second-order valence-corrected chi connectivity index (χ2v) is 6.93. The number of hydrogen-bond donors (Lipinski definition) is 1. The second kappa shape index (κ2) is 5.53. The van der Waals surface area contributed by atoms with Gasteiger partial charge >= 0.3 is 5.97 Å². The number of anilines is 1. The van der Waals surface area contributed by atoms with Crippen molar-refractivity contribution < 1.29 is 14.3 Å². The van der Waals surface area contributed by atoms with E-state index in [1.165, 1.54) is 4.68 Å². The van der Waals surface area contributed by atoms with Gasteiger partial charge in [0.05, 0.1) is 23.6 Å². The lowest BCUT2D eigenvalue weighted by Crippen LogP contribution is -2.43. The molecule has 1 aromatic rings. The number of thioether (sulfide) groups is 1. The number of nitrogens with two attached hydrogens (primary N) is 1. The highest BCUT2D eigenvalue weighted by Gasteiger charge is 2.42. The molecule has 0 saturated carbocycles. The smallest absolute Gasteiger partial charge is 0.359 e. The number of aryl methyl sites for hydroxylation is 2. The van der Waals surface area contributed by atoms with E-state index >= 15 is 0 Å². The van der Waals surface area contributed by atoms with Crippen LogP contribution in [0.4, 0.5) is 5.69 Å². The molecule has 0 aromatic carbocycles. The lowest BCUT2D eigenvalue weighted by molar-refractivity contribution is -0.106. The molecule has 2 unspecified atom stereocenters. The number of carbonyl (C=O) groups is 1. The molecule has 1 spiro atoms. The molecule has 0 amide bonds. The predicted octanol–water partition coefficient (Wildman–Crippen LogP) is 1.52. The van der Waals surface area contributed by atoms with Gasteiger partial charge in [0.2, 0.25) is 0 Å². The van der Waals surface area contributed by atoms with Gasteiger partial charge in [0.15, 0.2) is 5.69 Å². The molecule has 2 atom stereocenters. The molecule has 2 N–H and O–H groups in total. The van der Waals surface area contributed by atoms with Crippen molar-refractivity contribution in [3.8, 4) is 0 Å². The lowest BCUT2D eigenvalue weighted by Gasteiger charge is -2.37. The summed E-state index contributed by atoms with van der Waals surface area (Å²) in [5.41, 5.74) is 7.22. The van der Waals surface area contributed by atoms with Gasteiger partial charge in [-0.05, 0) is 19.1 Å². The van der Waals surface area contributed by atoms with E-state index in [1.54, 1.807) is 14.0 Å². The van der Waals surface area contributed by atoms with Crippen LogP contribution in [0.15, 0.2) is 0 Å². The van der Waals surface area contributed by atoms with Crippen LogP contribution in [0.3, 0.4) is 0 Å². The Morgan fingerprint density at radius 2 is 2.43 bits per heavy atom. The Morgan fingerprint density at radius 3 is 3.05 bits per heavy atom. The summed E-state index contributed by atoms with van der Waals surface area (Å²) in [5.74, 6) is 1.73. The van der Waals surface area contributed by atoms with E-state index in [9.17, 15) is 4.79 Å².